The van der Waals surface area contributed by atoms with Crippen molar-refractivity contribution in [1.82, 2.24) is 5.32 Å². The third-order valence-corrected chi connectivity index (χ3v) is 3.26. The summed E-state index contributed by atoms with van der Waals surface area (Å²) in [6, 6.07) is 4.50. The third kappa shape index (κ3) is 3.82. The van der Waals surface area contributed by atoms with Crippen molar-refractivity contribution in [3.63, 3.8) is 0 Å². The zero-order valence-corrected chi connectivity index (χ0v) is 10.9. The van der Waals surface area contributed by atoms with Gasteiger partial charge in [0.2, 0.25) is 0 Å². The molecule has 1 aliphatic rings. The Labute approximate surface area is 111 Å². The summed E-state index contributed by atoms with van der Waals surface area (Å²) in [4.78, 5) is 10.4. The zero-order valence-electron chi connectivity index (χ0n) is 10.9. The van der Waals surface area contributed by atoms with Gasteiger partial charge in [-0.1, -0.05) is 0 Å². The quantitative estimate of drug-likeness (QED) is 0.651. The second-order valence-corrected chi connectivity index (χ2v) is 4.63. The maximum Gasteiger partial charge on any atom is 0.276 e. The summed E-state index contributed by atoms with van der Waals surface area (Å²) < 4.78 is 10.7. The average molecular weight is 266 g/mol. The molecule has 0 bridgehead atoms. The van der Waals surface area contributed by atoms with Crippen molar-refractivity contribution in [2.75, 3.05) is 26.8 Å². The Hall–Kier alpha value is -1.82. The van der Waals surface area contributed by atoms with Crippen molar-refractivity contribution in [2.24, 2.45) is 5.92 Å². The number of benzene rings is 1. The fourth-order valence-corrected chi connectivity index (χ4v) is 2.13. The summed E-state index contributed by atoms with van der Waals surface area (Å²) in [6.07, 6.45) is 2.15. The molecule has 19 heavy (non-hydrogen) atoms. The number of rotatable bonds is 5. The van der Waals surface area contributed by atoms with Crippen LogP contribution in [0, 0.1) is 16.0 Å². The van der Waals surface area contributed by atoms with E-state index in [9.17, 15) is 10.1 Å². The molecule has 0 spiro atoms. The van der Waals surface area contributed by atoms with Crippen LogP contribution < -0.4 is 14.8 Å². The number of nitrogens with zero attached hydrogens (tertiary/aromatic N) is 1. The van der Waals surface area contributed by atoms with E-state index in [-0.39, 0.29) is 5.69 Å². The smallest absolute Gasteiger partial charge is 0.276 e. The first kappa shape index (κ1) is 13.6. The number of hydrogen-bond donors (Lipinski definition) is 1. The molecule has 0 amide bonds. The number of nitro benzene ring substituents is 1. The van der Waals surface area contributed by atoms with Gasteiger partial charge in [0.1, 0.15) is 11.5 Å². The average Bonchev–Trinajstić information content (AvgIpc) is 2.45. The van der Waals surface area contributed by atoms with Crippen LogP contribution in [0.2, 0.25) is 0 Å². The van der Waals surface area contributed by atoms with Gasteiger partial charge in [-0.05, 0) is 31.8 Å². The standard InChI is InChI=1S/C13H18N2O4/c1-18-12-6-11(15(16)17)7-13(8-12)19-9-10-2-4-14-5-3-10/h6-8,10,14H,2-5,9H2,1H3. The van der Waals surface area contributed by atoms with E-state index in [1.807, 2.05) is 0 Å². The highest BCUT2D eigenvalue weighted by molar-refractivity contribution is 5.46. The predicted molar refractivity (Wildman–Crippen MR) is 70.7 cm³/mol. The molecule has 1 fully saturated rings. The van der Waals surface area contributed by atoms with Crippen LogP contribution in [0.4, 0.5) is 5.69 Å². The fourth-order valence-electron chi connectivity index (χ4n) is 2.13. The highest BCUT2D eigenvalue weighted by atomic mass is 16.6. The van der Waals surface area contributed by atoms with Gasteiger partial charge in [-0.3, -0.25) is 10.1 Å². The molecule has 0 radical (unpaired) electrons. The van der Waals surface area contributed by atoms with Crippen molar-refractivity contribution < 1.29 is 14.4 Å². The molecule has 1 aromatic rings. The van der Waals surface area contributed by atoms with E-state index in [4.69, 9.17) is 9.47 Å². The van der Waals surface area contributed by atoms with Crippen LogP contribution in [0.5, 0.6) is 11.5 Å². The fraction of sp³-hybridized carbons (Fsp3) is 0.538. The molecule has 1 aromatic carbocycles. The Bertz CT molecular complexity index is 444. The molecule has 0 aliphatic carbocycles. The second-order valence-electron chi connectivity index (χ2n) is 4.63. The molecule has 0 aromatic heterocycles. The summed E-state index contributed by atoms with van der Waals surface area (Å²) in [5.41, 5.74) is -0.0142. The maximum atomic E-state index is 10.8. The molecule has 0 unspecified atom stereocenters. The molecule has 1 saturated heterocycles. The minimum atomic E-state index is -0.445. The van der Waals surface area contributed by atoms with Crippen molar-refractivity contribution in [2.45, 2.75) is 12.8 Å². The van der Waals surface area contributed by atoms with Crippen molar-refractivity contribution in [3.05, 3.63) is 28.3 Å². The highest BCUT2D eigenvalue weighted by Crippen LogP contribution is 2.28. The van der Waals surface area contributed by atoms with Crippen LogP contribution in [0.15, 0.2) is 18.2 Å². The minimum absolute atomic E-state index is 0.0142. The molecule has 0 saturated carbocycles. The van der Waals surface area contributed by atoms with E-state index < -0.39 is 4.92 Å². The lowest BCUT2D eigenvalue weighted by molar-refractivity contribution is -0.385. The topological polar surface area (TPSA) is 73.6 Å². The molecule has 6 heteroatoms. The van der Waals surface area contributed by atoms with Gasteiger partial charge in [0.25, 0.3) is 5.69 Å². The van der Waals surface area contributed by atoms with E-state index in [2.05, 4.69) is 5.32 Å². The van der Waals surface area contributed by atoms with Crippen molar-refractivity contribution in [3.8, 4) is 11.5 Å². The lowest BCUT2D eigenvalue weighted by Gasteiger charge is -2.22. The van der Waals surface area contributed by atoms with Gasteiger partial charge in [0, 0.05) is 6.07 Å². The van der Waals surface area contributed by atoms with Crippen LogP contribution in [-0.4, -0.2) is 31.7 Å². The molecule has 2 rings (SSSR count). The second kappa shape index (κ2) is 6.38. The third-order valence-electron chi connectivity index (χ3n) is 3.26. The van der Waals surface area contributed by atoms with Gasteiger partial charge in [-0.2, -0.15) is 0 Å². The Kier molecular flexibility index (Phi) is 4.57. The largest absolute Gasteiger partial charge is 0.496 e. The summed E-state index contributed by atoms with van der Waals surface area (Å²) >= 11 is 0. The van der Waals surface area contributed by atoms with Crippen LogP contribution in [0.1, 0.15) is 12.8 Å². The van der Waals surface area contributed by atoms with Gasteiger partial charge in [0.05, 0.1) is 30.8 Å². The number of non-ortho nitro benzene ring substituents is 1. The Morgan fingerprint density at radius 3 is 2.63 bits per heavy atom. The first-order chi connectivity index (χ1) is 9.19. The monoisotopic (exact) mass is 266 g/mol. The van der Waals surface area contributed by atoms with E-state index in [0.29, 0.717) is 24.0 Å². The van der Waals surface area contributed by atoms with Gasteiger partial charge in [0.15, 0.2) is 0 Å². The highest BCUT2D eigenvalue weighted by Gasteiger charge is 2.15. The molecule has 6 nitrogen and oxygen atoms in total. The molecular formula is C13H18N2O4. The van der Waals surface area contributed by atoms with Gasteiger partial charge < -0.3 is 14.8 Å². The number of nitrogens with one attached hydrogen (secondary N) is 1. The number of methoxy groups -OCH3 is 1. The number of ether oxygens (including phenoxy) is 2. The van der Waals surface area contributed by atoms with E-state index in [0.717, 1.165) is 25.9 Å². The Morgan fingerprint density at radius 1 is 1.32 bits per heavy atom. The summed E-state index contributed by atoms with van der Waals surface area (Å²) in [6.45, 7) is 2.60. The Morgan fingerprint density at radius 2 is 2.00 bits per heavy atom. The molecule has 104 valence electrons. The summed E-state index contributed by atoms with van der Waals surface area (Å²) in [7, 11) is 1.48. The van der Waals surface area contributed by atoms with E-state index in [1.54, 1.807) is 6.07 Å². The normalized spacial score (nSPS) is 16.1. The van der Waals surface area contributed by atoms with E-state index in [1.165, 1.54) is 19.2 Å². The van der Waals surface area contributed by atoms with Crippen LogP contribution in [-0.2, 0) is 0 Å². The number of nitro groups is 1. The summed E-state index contributed by atoms with van der Waals surface area (Å²) in [5, 5.41) is 14.1. The lowest BCUT2D eigenvalue weighted by Crippen LogP contribution is -2.30. The molecule has 1 aliphatic heterocycles. The number of hydrogen-bond acceptors (Lipinski definition) is 5. The van der Waals surface area contributed by atoms with Crippen LogP contribution >= 0.6 is 0 Å². The molecule has 1 N–H and O–H groups in total. The van der Waals surface area contributed by atoms with Crippen molar-refractivity contribution in [1.29, 1.82) is 0 Å². The summed E-state index contributed by atoms with van der Waals surface area (Å²) in [5.74, 6) is 1.44. The maximum absolute atomic E-state index is 10.8. The predicted octanol–water partition coefficient (Wildman–Crippen LogP) is 1.98. The molecule has 0 atom stereocenters. The van der Waals surface area contributed by atoms with Crippen LogP contribution in [0.3, 0.4) is 0 Å². The number of piperidine rings is 1. The lowest BCUT2D eigenvalue weighted by atomic mass is 9.99. The van der Waals surface area contributed by atoms with Crippen LogP contribution in [0.25, 0.3) is 0 Å². The zero-order chi connectivity index (χ0) is 13.7. The van der Waals surface area contributed by atoms with Gasteiger partial charge in [-0.25, -0.2) is 0 Å². The molecule has 1 heterocycles. The first-order valence-electron chi connectivity index (χ1n) is 6.36. The van der Waals surface area contributed by atoms with Gasteiger partial charge in [-0.15, -0.1) is 0 Å². The Balaban J connectivity index is 2.02. The molecular weight excluding hydrogens is 248 g/mol. The minimum Gasteiger partial charge on any atom is -0.496 e. The van der Waals surface area contributed by atoms with E-state index >= 15 is 0 Å². The first-order valence-corrected chi connectivity index (χ1v) is 6.36. The van der Waals surface area contributed by atoms with Gasteiger partial charge >= 0.3 is 0 Å². The SMILES string of the molecule is COc1cc(OCC2CCNCC2)cc([N+](=O)[O-])c1. The van der Waals surface area contributed by atoms with Crippen molar-refractivity contribution >= 4 is 5.69 Å².